The molecule has 1 aromatic carbocycles. The van der Waals surface area contributed by atoms with Crippen molar-refractivity contribution in [1.29, 1.82) is 0 Å². The first-order valence-corrected chi connectivity index (χ1v) is 3.94. The fourth-order valence-electron chi connectivity index (χ4n) is 1.17. The fraction of sp³-hybridized carbons (Fsp3) is 0. The van der Waals surface area contributed by atoms with Gasteiger partial charge >= 0.3 is 0 Å². The van der Waals surface area contributed by atoms with Crippen molar-refractivity contribution in [2.45, 2.75) is 0 Å². The van der Waals surface area contributed by atoms with Gasteiger partial charge in [0, 0.05) is 0 Å². The first-order chi connectivity index (χ1) is 6.79. The van der Waals surface area contributed by atoms with E-state index in [0.29, 0.717) is 17.0 Å². The van der Waals surface area contributed by atoms with Gasteiger partial charge in [0.2, 0.25) is 18.2 Å². The van der Waals surface area contributed by atoms with Crippen molar-refractivity contribution in [2.75, 3.05) is 0 Å². The Hall–Kier alpha value is -2.17. The van der Waals surface area contributed by atoms with Crippen LogP contribution in [0.2, 0.25) is 0 Å². The Morgan fingerprint density at radius 3 is 2.79 bits per heavy atom. The van der Waals surface area contributed by atoms with Gasteiger partial charge < -0.3 is 10.2 Å². The topological polar surface area (TPSA) is 82.0 Å². The van der Waals surface area contributed by atoms with Crippen molar-refractivity contribution in [3.63, 3.8) is 0 Å². The Morgan fingerprint density at radius 1 is 1.36 bits per heavy atom. The van der Waals surface area contributed by atoms with Gasteiger partial charge in [-0.25, -0.2) is 0 Å². The monoisotopic (exact) mass is 189 g/mol. The molecule has 0 aliphatic heterocycles. The number of nitrogens with two attached hydrogens (primary N) is 1. The summed E-state index contributed by atoms with van der Waals surface area (Å²) in [5.41, 5.74) is 6.12. The lowest BCUT2D eigenvalue weighted by Gasteiger charge is -2.00. The molecule has 0 aliphatic carbocycles. The van der Waals surface area contributed by atoms with Crippen LogP contribution in [0.5, 0.6) is 0 Å². The number of primary amides is 1. The highest BCUT2D eigenvalue weighted by atomic mass is 16.4. The van der Waals surface area contributed by atoms with Crippen LogP contribution in [0.1, 0.15) is 10.4 Å². The van der Waals surface area contributed by atoms with Crippen LogP contribution in [-0.2, 0) is 0 Å². The van der Waals surface area contributed by atoms with Crippen LogP contribution < -0.4 is 5.73 Å². The first-order valence-electron chi connectivity index (χ1n) is 3.94. The van der Waals surface area contributed by atoms with Crippen molar-refractivity contribution >= 4 is 5.91 Å². The Bertz CT molecular complexity index is 451. The highest BCUT2D eigenvalue weighted by molar-refractivity contribution is 5.98. The summed E-state index contributed by atoms with van der Waals surface area (Å²) in [7, 11) is 0. The lowest BCUT2D eigenvalue weighted by molar-refractivity contribution is 0.100. The van der Waals surface area contributed by atoms with Crippen LogP contribution in [0.4, 0.5) is 0 Å². The standard InChI is InChI=1S/C9H7N3O2/c10-8(13)6-3-1-2-4-7(6)9-12-11-5-14-9/h1-5H,(H2,10,13). The van der Waals surface area contributed by atoms with Gasteiger partial charge in [-0.3, -0.25) is 4.79 Å². The van der Waals surface area contributed by atoms with Gasteiger partial charge in [-0.05, 0) is 12.1 Å². The van der Waals surface area contributed by atoms with Crippen molar-refractivity contribution in [3.8, 4) is 11.5 Å². The average molecular weight is 189 g/mol. The van der Waals surface area contributed by atoms with Gasteiger partial charge in [0.25, 0.3) is 0 Å². The molecule has 2 N–H and O–H groups in total. The molecule has 2 aromatic rings. The third kappa shape index (κ3) is 1.35. The second-order valence-corrected chi connectivity index (χ2v) is 2.65. The molecule has 0 radical (unpaired) electrons. The van der Waals surface area contributed by atoms with Gasteiger partial charge in [0.15, 0.2) is 0 Å². The van der Waals surface area contributed by atoms with E-state index in [0.717, 1.165) is 0 Å². The average Bonchev–Trinajstić information content (AvgIpc) is 2.70. The maximum Gasteiger partial charge on any atom is 0.249 e. The molecule has 70 valence electrons. The molecule has 0 fully saturated rings. The molecule has 2 rings (SSSR count). The summed E-state index contributed by atoms with van der Waals surface area (Å²) in [4.78, 5) is 11.0. The number of carbonyl (C=O) groups excluding carboxylic acids is 1. The molecule has 0 spiro atoms. The predicted molar refractivity (Wildman–Crippen MR) is 48.3 cm³/mol. The van der Waals surface area contributed by atoms with Crippen molar-refractivity contribution in [2.24, 2.45) is 5.73 Å². The summed E-state index contributed by atoms with van der Waals surface area (Å²) in [5, 5.41) is 7.24. The van der Waals surface area contributed by atoms with E-state index in [1.54, 1.807) is 24.3 Å². The minimum absolute atomic E-state index is 0.291. The number of amides is 1. The van der Waals surface area contributed by atoms with Crippen LogP contribution in [-0.4, -0.2) is 16.1 Å². The molecular formula is C9H7N3O2. The van der Waals surface area contributed by atoms with E-state index >= 15 is 0 Å². The van der Waals surface area contributed by atoms with Crippen LogP contribution in [0.15, 0.2) is 35.1 Å². The second kappa shape index (κ2) is 3.29. The molecule has 1 amide bonds. The summed E-state index contributed by atoms with van der Waals surface area (Å²) in [6.07, 6.45) is 1.20. The van der Waals surface area contributed by atoms with E-state index in [1.807, 2.05) is 0 Å². The summed E-state index contributed by atoms with van der Waals surface area (Å²) in [6, 6.07) is 6.81. The fourth-order valence-corrected chi connectivity index (χ4v) is 1.17. The summed E-state index contributed by atoms with van der Waals surface area (Å²) < 4.78 is 4.98. The van der Waals surface area contributed by atoms with E-state index in [4.69, 9.17) is 10.2 Å². The molecule has 0 saturated heterocycles. The highest BCUT2D eigenvalue weighted by Gasteiger charge is 2.12. The van der Waals surface area contributed by atoms with Crippen molar-refractivity contribution in [3.05, 3.63) is 36.2 Å². The van der Waals surface area contributed by atoms with Crippen LogP contribution in [0.3, 0.4) is 0 Å². The van der Waals surface area contributed by atoms with Gasteiger partial charge in [-0.2, -0.15) is 0 Å². The van der Waals surface area contributed by atoms with Crippen LogP contribution in [0.25, 0.3) is 11.5 Å². The lowest BCUT2D eigenvalue weighted by Crippen LogP contribution is -2.12. The maximum atomic E-state index is 11.0. The number of benzene rings is 1. The van der Waals surface area contributed by atoms with Gasteiger partial charge in [0.1, 0.15) is 0 Å². The molecule has 14 heavy (non-hydrogen) atoms. The van der Waals surface area contributed by atoms with E-state index in [-0.39, 0.29) is 0 Å². The minimum Gasteiger partial charge on any atom is -0.423 e. The molecule has 0 atom stereocenters. The zero-order valence-electron chi connectivity index (χ0n) is 7.18. The van der Waals surface area contributed by atoms with Gasteiger partial charge in [0.05, 0.1) is 11.1 Å². The van der Waals surface area contributed by atoms with Crippen LogP contribution >= 0.6 is 0 Å². The molecule has 1 aromatic heterocycles. The van der Waals surface area contributed by atoms with E-state index in [2.05, 4.69) is 10.2 Å². The smallest absolute Gasteiger partial charge is 0.249 e. The number of nitrogens with zero attached hydrogens (tertiary/aromatic N) is 2. The number of hydrogen-bond acceptors (Lipinski definition) is 4. The third-order valence-electron chi connectivity index (χ3n) is 1.78. The van der Waals surface area contributed by atoms with Crippen molar-refractivity contribution in [1.82, 2.24) is 10.2 Å². The highest BCUT2D eigenvalue weighted by Crippen LogP contribution is 2.20. The number of aromatic nitrogens is 2. The predicted octanol–water partition coefficient (Wildman–Crippen LogP) is 0.836. The number of carbonyl (C=O) groups is 1. The number of hydrogen-bond donors (Lipinski definition) is 1. The van der Waals surface area contributed by atoms with E-state index in [1.165, 1.54) is 6.39 Å². The van der Waals surface area contributed by atoms with E-state index in [9.17, 15) is 4.79 Å². The van der Waals surface area contributed by atoms with Crippen LogP contribution in [0, 0.1) is 0 Å². The summed E-state index contributed by atoms with van der Waals surface area (Å²) in [5.74, 6) is -0.224. The van der Waals surface area contributed by atoms with Gasteiger partial charge in [-0.15, -0.1) is 10.2 Å². The third-order valence-corrected chi connectivity index (χ3v) is 1.78. The molecule has 0 unspecified atom stereocenters. The van der Waals surface area contributed by atoms with Crippen molar-refractivity contribution < 1.29 is 9.21 Å². The Kier molecular flexibility index (Phi) is 1.98. The maximum absolute atomic E-state index is 11.0. The Balaban J connectivity index is 2.58. The van der Waals surface area contributed by atoms with Gasteiger partial charge in [-0.1, -0.05) is 12.1 Å². The second-order valence-electron chi connectivity index (χ2n) is 2.65. The Labute approximate surface area is 79.6 Å². The SMILES string of the molecule is NC(=O)c1ccccc1-c1nnco1. The zero-order valence-corrected chi connectivity index (χ0v) is 7.18. The molecule has 0 aliphatic rings. The summed E-state index contributed by atoms with van der Waals surface area (Å²) in [6.45, 7) is 0. The normalized spacial score (nSPS) is 10.0. The molecule has 5 nitrogen and oxygen atoms in total. The first kappa shape index (κ1) is 8.43. The molecular weight excluding hydrogens is 182 g/mol. The Morgan fingerprint density at radius 2 is 2.14 bits per heavy atom. The molecule has 5 heteroatoms. The minimum atomic E-state index is -0.515. The zero-order chi connectivity index (χ0) is 9.97. The van der Waals surface area contributed by atoms with E-state index < -0.39 is 5.91 Å². The lowest BCUT2D eigenvalue weighted by atomic mass is 10.1. The summed E-state index contributed by atoms with van der Waals surface area (Å²) >= 11 is 0. The molecule has 0 saturated carbocycles. The molecule has 1 heterocycles. The largest absolute Gasteiger partial charge is 0.423 e. The number of rotatable bonds is 2. The quantitative estimate of drug-likeness (QED) is 0.758. The molecule has 0 bridgehead atoms.